The Bertz CT molecular complexity index is 853. The van der Waals surface area contributed by atoms with Gasteiger partial charge in [-0.15, -0.1) is 0 Å². The van der Waals surface area contributed by atoms with Crippen LogP contribution < -0.4 is 5.32 Å². The SMILES string of the molecule is Cc1ccc(CC(=O)N(Cc2c(Cl)cccc2Cl)[C@@H](C)C(=O)NC(C)(C)C)cc1. The van der Waals surface area contributed by atoms with Crippen LogP contribution in [0, 0.1) is 6.92 Å². The summed E-state index contributed by atoms with van der Waals surface area (Å²) in [5.74, 6) is -0.390. The molecule has 6 heteroatoms. The van der Waals surface area contributed by atoms with E-state index in [1.807, 2.05) is 52.0 Å². The summed E-state index contributed by atoms with van der Waals surface area (Å²) in [5, 5.41) is 3.88. The highest BCUT2D eigenvalue weighted by molar-refractivity contribution is 6.36. The normalized spacial score (nSPS) is 12.4. The summed E-state index contributed by atoms with van der Waals surface area (Å²) in [6, 6.07) is 12.3. The van der Waals surface area contributed by atoms with E-state index < -0.39 is 11.6 Å². The molecule has 2 rings (SSSR count). The van der Waals surface area contributed by atoms with Crippen molar-refractivity contribution in [2.75, 3.05) is 0 Å². The maximum absolute atomic E-state index is 13.2. The molecule has 0 aliphatic rings. The first-order chi connectivity index (χ1) is 13.5. The number of benzene rings is 2. The summed E-state index contributed by atoms with van der Waals surface area (Å²) in [4.78, 5) is 27.5. The van der Waals surface area contributed by atoms with Gasteiger partial charge in [-0.1, -0.05) is 59.1 Å². The van der Waals surface area contributed by atoms with Crippen LogP contribution in [-0.2, 0) is 22.6 Å². The largest absolute Gasteiger partial charge is 0.350 e. The van der Waals surface area contributed by atoms with Gasteiger partial charge in [0.15, 0.2) is 0 Å². The number of hydrogen-bond donors (Lipinski definition) is 1. The predicted octanol–water partition coefficient (Wildman–Crippen LogP) is 5.18. The summed E-state index contributed by atoms with van der Waals surface area (Å²) in [5.41, 5.74) is 2.24. The third-order valence-corrected chi connectivity index (χ3v) is 5.24. The van der Waals surface area contributed by atoms with Crippen molar-refractivity contribution in [2.24, 2.45) is 0 Å². The molecule has 0 saturated carbocycles. The second-order valence-electron chi connectivity index (χ2n) is 8.30. The molecule has 0 heterocycles. The Balaban J connectivity index is 2.32. The molecule has 0 aliphatic carbocycles. The van der Waals surface area contributed by atoms with E-state index >= 15 is 0 Å². The molecule has 29 heavy (non-hydrogen) atoms. The number of hydrogen-bond acceptors (Lipinski definition) is 2. The number of aryl methyl sites for hydroxylation is 1. The maximum atomic E-state index is 13.2. The average Bonchev–Trinajstić information content (AvgIpc) is 2.61. The lowest BCUT2D eigenvalue weighted by molar-refractivity contribution is -0.140. The molecule has 1 atom stereocenters. The third kappa shape index (κ3) is 6.76. The molecule has 0 bridgehead atoms. The van der Waals surface area contributed by atoms with E-state index in [-0.39, 0.29) is 24.8 Å². The Labute approximate surface area is 183 Å². The number of amides is 2. The first kappa shape index (κ1) is 23.2. The Morgan fingerprint density at radius 2 is 1.59 bits per heavy atom. The summed E-state index contributed by atoms with van der Waals surface area (Å²) < 4.78 is 0. The topological polar surface area (TPSA) is 49.4 Å². The lowest BCUT2D eigenvalue weighted by Gasteiger charge is -2.32. The third-order valence-electron chi connectivity index (χ3n) is 4.53. The standard InChI is InChI=1S/C23H28Cl2N2O2/c1-15-9-11-17(12-10-15)13-21(28)27(16(2)22(29)26-23(3,4)5)14-18-19(24)7-6-8-20(18)25/h6-12,16H,13-14H2,1-5H3,(H,26,29)/t16-/m0/s1. The number of nitrogens with zero attached hydrogens (tertiary/aromatic N) is 1. The first-order valence-corrected chi connectivity index (χ1v) is 10.3. The zero-order valence-electron chi connectivity index (χ0n) is 17.6. The molecule has 0 fully saturated rings. The van der Waals surface area contributed by atoms with E-state index in [4.69, 9.17) is 23.2 Å². The minimum atomic E-state index is -0.681. The molecule has 4 nitrogen and oxygen atoms in total. The Morgan fingerprint density at radius 1 is 1.03 bits per heavy atom. The van der Waals surface area contributed by atoms with Crippen LogP contribution in [0.1, 0.15) is 44.4 Å². The summed E-state index contributed by atoms with van der Waals surface area (Å²) >= 11 is 12.6. The quantitative estimate of drug-likeness (QED) is 0.680. The van der Waals surface area contributed by atoms with Crippen LogP contribution in [0.15, 0.2) is 42.5 Å². The number of carbonyl (C=O) groups is 2. The number of nitrogens with one attached hydrogen (secondary N) is 1. The molecule has 0 spiro atoms. The van der Waals surface area contributed by atoms with E-state index in [1.54, 1.807) is 25.1 Å². The molecule has 0 unspecified atom stereocenters. The molecule has 0 aliphatic heterocycles. The lowest BCUT2D eigenvalue weighted by Crippen LogP contribution is -2.52. The summed E-state index contributed by atoms with van der Waals surface area (Å²) in [7, 11) is 0. The van der Waals surface area contributed by atoms with Crippen molar-refractivity contribution in [3.63, 3.8) is 0 Å². The Kier molecular flexibility index (Phi) is 7.73. The summed E-state index contributed by atoms with van der Waals surface area (Å²) in [6.45, 7) is 9.58. The van der Waals surface area contributed by atoms with Crippen LogP contribution in [0.3, 0.4) is 0 Å². The van der Waals surface area contributed by atoms with Crippen molar-refractivity contribution in [3.05, 3.63) is 69.2 Å². The number of halogens is 2. The average molecular weight is 435 g/mol. The summed E-state index contributed by atoms with van der Waals surface area (Å²) in [6.07, 6.45) is 0.190. The minimum Gasteiger partial charge on any atom is -0.350 e. The second kappa shape index (κ2) is 9.64. The van der Waals surface area contributed by atoms with Crippen molar-refractivity contribution in [1.82, 2.24) is 10.2 Å². The van der Waals surface area contributed by atoms with Crippen LogP contribution in [0.25, 0.3) is 0 Å². The minimum absolute atomic E-state index is 0.155. The molecule has 0 radical (unpaired) electrons. The highest BCUT2D eigenvalue weighted by Crippen LogP contribution is 2.27. The monoisotopic (exact) mass is 434 g/mol. The van der Waals surface area contributed by atoms with Gasteiger partial charge < -0.3 is 10.2 Å². The van der Waals surface area contributed by atoms with Gasteiger partial charge in [-0.2, -0.15) is 0 Å². The molecular weight excluding hydrogens is 407 g/mol. The van der Waals surface area contributed by atoms with Gasteiger partial charge in [0.25, 0.3) is 0 Å². The van der Waals surface area contributed by atoms with E-state index in [0.717, 1.165) is 11.1 Å². The van der Waals surface area contributed by atoms with E-state index in [1.165, 1.54) is 4.90 Å². The number of carbonyl (C=O) groups excluding carboxylic acids is 2. The molecule has 2 aromatic rings. The van der Waals surface area contributed by atoms with Crippen molar-refractivity contribution >= 4 is 35.0 Å². The van der Waals surface area contributed by atoms with Crippen molar-refractivity contribution in [2.45, 2.75) is 59.2 Å². The molecule has 1 N–H and O–H groups in total. The molecule has 0 saturated heterocycles. The van der Waals surface area contributed by atoms with Gasteiger partial charge in [-0.05, 0) is 52.3 Å². The van der Waals surface area contributed by atoms with Crippen molar-refractivity contribution < 1.29 is 9.59 Å². The fourth-order valence-electron chi connectivity index (χ4n) is 2.89. The van der Waals surface area contributed by atoms with Gasteiger partial charge in [0.2, 0.25) is 11.8 Å². The predicted molar refractivity (Wildman–Crippen MR) is 119 cm³/mol. The zero-order valence-corrected chi connectivity index (χ0v) is 19.1. The lowest BCUT2D eigenvalue weighted by atomic mass is 10.1. The van der Waals surface area contributed by atoms with E-state index in [2.05, 4.69) is 5.32 Å². The maximum Gasteiger partial charge on any atom is 0.242 e. The van der Waals surface area contributed by atoms with Gasteiger partial charge in [-0.25, -0.2) is 0 Å². The highest BCUT2D eigenvalue weighted by atomic mass is 35.5. The molecule has 0 aromatic heterocycles. The van der Waals surface area contributed by atoms with Gasteiger partial charge >= 0.3 is 0 Å². The van der Waals surface area contributed by atoms with E-state index in [9.17, 15) is 9.59 Å². The second-order valence-corrected chi connectivity index (χ2v) is 9.11. The zero-order chi connectivity index (χ0) is 21.8. The smallest absolute Gasteiger partial charge is 0.242 e. The van der Waals surface area contributed by atoms with Gasteiger partial charge in [0.1, 0.15) is 6.04 Å². The molecule has 156 valence electrons. The van der Waals surface area contributed by atoms with Gasteiger partial charge in [0, 0.05) is 27.7 Å². The van der Waals surface area contributed by atoms with Crippen LogP contribution in [0.5, 0.6) is 0 Å². The van der Waals surface area contributed by atoms with Gasteiger partial charge in [0.05, 0.1) is 6.42 Å². The van der Waals surface area contributed by atoms with Gasteiger partial charge in [-0.3, -0.25) is 9.59 Å². The Morgan fingerprint density at radius 3 is 2.10 bits per heavy atom. The van der Waals surface area contributed by atoms with Crippen molar-refractivity contribution in [3.8, 4) is 0 Å². The number of rotatable bonds is 6. The molecular formula is C23H28Cl2N2O2. The van der Waals surface area contributed by atoms with Crippen LogP contribution in [0.2, 0.25) is 10.0 Å². The highest BCUT2D eigenvalue weighted by Gasteiger charge is 2.29. The fraction of sp³-hybridized carbons (Fsp3) is 0.391. The first-order valence-electron chi connectivity index (χ1n) is 9.58. The molecule has 2 amide bonds. The van der Waals surface area contributed by atoms with Crippen LogP contribution in [0.4, 0.5) is 0 Å². The molecule has 2 aromatic carbocycles. The van der Waals surface area contributed by atoms with E-state index in [0.29, 0.717) is 15.6 Å². The van der Waals surface area contributed by atoms with Crippen LogP contribution >= 0.6 is 23.2 Å². The fourth-order valence-corrected chi connectivity index (χ4v) is 3.41. The Hall–Kier alpha value is -2.04. The van der Waals surface area contributed by atoms with Crippen molar-refractivity contribution in [1.29, 1.82) is 0 Å². The van der Waals surface area contributed by atoms with Crippen LogP contribution in [-0.4, -0.2) is 28.3 Å².